The van der Waals surface area contributed by atoms with E-state index in [0.29, 0.717) is 11.0 Å². The molecule has 0 bridgehead atoms. The summed E-state index contributed by atoms with van der Waals surface area (Å²) in [5.74, 6) is 0.491. The van der Waals surface area contributed by atoms with Crippen LogP contribution >= 0.6 is 11.6 Å². The first-order chi connectivity index (χ1) is 8.29. The Balaban J connectivity index is 2.17. The molecule has 0 saturated carbocycles. The molecule has 0 atom stereocenters. The van der Waals surface area contributed by atoms with E-state index in [0.717, 1.165) is 18.5 Å². The molecule has 0 aliphatic rings. The van der Waals surface area contributed by atoms with Crippen LogP contribution < -0.4 is 5.32 Å². The minimum absolute atomic E-state index is 0.491. The van der Waals surface area contributed by atoms with Crippen LogP contribution in [0.25, 0.3) is 0 Å². The lowest BCUT2D eigenvalue weighted by molar-refractivity contribution is 0.922. The zero-order valence-corrected chi connectivity index (χ0v) is 10.3. The van der Waals surface area contributed by atoms with Gasteiger partial charge in [0.05, 0.1) is 10.7 Å². The largest absolute Gasteiger partial charge is 0.323 e. The zero-order valence-electron chi connectivity index (χ0n) is 9.52. The van der Waals surface area contributed by atoms with Crippen molar-refractivity contribution in [3.05, 3.63) is 41.4 Å². The van der Waals surface area contributed by atoms with Gasteiger partial charge in [-0.2, -0.15) is 0 Å². The fourth-order valence-corrected chi connectivity index (χ4v) is 1.78. The summed E-state index contributed by atoms with van der Waals surface area (Å²) in [6.07, 6.45) is 5.02. The van der Waals surface area contributed by atoms with Crippen molar-refractivity contribution in [1.82, 2.24) is 15.0 Å². The van der Waals surface area contributed by atoms with Crippen LogP contribution in [0.5, 0.6) is 0 Å². The van der Waals surface area contributed by atoms with Gasteiger partial charge in [0.1, 0.15) is 12.7 Å². The van der Waals surface area contributed by atoms with Crippen LogP contribution in [0.4, 0.5) is 11.6 Å². The molecule has 5 heteroatoms. The molecule has 0 saturated heterocycles. The summed E-state index contributed by atoms with van der Waals surface area (Å²) < 4.78 is 0. The van der Waals surface area contributed by atoms with Gasteiger partial charge in [-0.25, -0.2) is 15.0 Å². The third kappa shape index (κ3) is 3.14. The Hall–Kier alpha value is -1.68. The van der Waals surface area contributed by atoms with E-state index < -0.39 is 0 Å². The number of rotatable bonds is 4. The number of halogens is 1. The number of nitrogens with zero attached hydrogens (tertiary/aromatic N) is 3. The fourth-order valence-electron chi connectivity index (χ4n) is 1.53. The lowest BCUT2D eigenvalue weighted by atomic mass is 10.1. The smallest absolute Gasteiger partial charge is 0.230 e. The van der Waals surface area contributed by atoms with E-state index >= 15 is 0 Å². The molecular weight excluding hydrogens is 236 g/mol. The van der Waals surface area contributed by atoms with Gasteiger partial charge in [0, 0.05) is 0 Å². The molecule has 1 heterocycles. The minimum atomic E-state index is 0.491. The second-order valence-electron chi connectivity index (χ2n) is 3.65. The number of hydrogen-bond acceptors (Lipinski definition) is 4. The summed E-state index contributed by atoms with van der Waals surface area (Å²) >= 11 is 6.18. The second-order valence-corrected chi connectivity index (χ2v) is 4.06. The van der Waals surface area contributed by atoms with Crippen LogP contribution in [-0.2, 0) is 6.42 Å². The van der Waals surface area contributed by atoms with Crippen molar-refractivity contribution in [2.24, 2.45) is 0 Å². The molecule has 0 unspecified atom stereocenters. The number of benzene rings is 1. The van der Waals surface area contributed by atoms with E-state index in [1.54, 1.807) is 0 Å². The Morgan fingerprint density at radius 3 is 2.65 bits per heavy atom. The predicted octanol–water partition coefficient (Wildman–Crippen LogP) is 3.22. The maximum Gasteiger partial charge on any atom is 0.230 e. The van der Waals surface area contributed by atoms with Gasteiger partial charge in [-0.1, -0.05) is 31.0 Å². The second kappa shape index (κ2) is 5.59. The average molecular weight is 249 g/mol. The first kappa shape index (κ1) is 11.8. The number of nitrogens with one attached hydrogen (secondary N) is 1. The number of aryl methyl sites for hydroxylation is 1. The molecular formula is C12H13ClN4. The lowest BCUT2D eigenvalue weighted by Gasteiger charge is -2.07. The number of anilines is 2. The molecule has 88 valence electrons. The number of aromatic nitrogens is 3. The Labute approximate surface area is 105 Å². The summed E-state index contributed by atoms with van der Waals surface area (Å²) in [5.41, 5.74) is 2.04. The summed E-state index contributed by atoms with van der Waals surface area (Å²) in [6, 6.07) is 5.96. The molecule has 0 aliphatic heterocycles. The van der Waals surface area contributed by atoms with Crippen LogP contribution in [0.2, 0.25) is 5.02 Å². The molecule has 1 N–H and O–H groups in total. The zero-order chi connectivity index (χ0) is 12.1. The molecule has 2 rings (SSSR count). The molecule has 0 aliphatic carbocycles. The monoisotopic (exact) mass is 248 g/mol. The van der Waals surface area contributed by atoms with Gasteiger partial charge in [-0.05, 0) is 24.1 Å². The molecule has 1 aromatic carbocycles. The highest BCUT2D eigenvalue weighted by Gasteiger charge is 2.03. The average Bonchev–Trinajstić information content (AvgIpc) is 2.34. The normalized spacial score (nSPS) is 10.2. The van der Waals surface area contributed by atoms with Gasteiger partial charge in [-0.15, -0.1) is 0 Å². The third-order valence-corrected chi connectivity index (χ3v) is 2.62. The maximum atomic E-state index is 6.18. The van der Waals surface area contributed by atoms with Crippen molar-refractivity contribution in [3.63, 3.8) is 0 Å². The molecule has 0 radical (unpaired) electrons. The van der Waals surface area contributed by atoms with Crippen LogP contribution in [0.1, 0.15) is 18.9 Å². The van der Waals surface area contributed by atoms with Gasteiger partial charge in [0.25, 0.3) is 0 Å². The SMILES string of the molecule is CCCc1ccc(Nc2ncncn2)c(Cl)c1. The minimum Gasteiger partial charge on any atom is -0.323 e. The predicted molar refractivity (Wildman–Crippen MR) is 68.6 cm³/mol. The van der Waals surface area contributed by atoms with E-state index in [1.807, 2.05) is 12.1 Å². The first-order valence-corrected chi connectivity index (χ1v) is 5.85. The Bertz CT molecular complexity index is 487. The molecule has 4 nitrogen and oxygen atoms in total. The maximum absolute atomic E-state index is 6.18. The van der Waals surface area contributed by atoms with Gasteiger partial charge in [0.2, 0.25) is 5.95 Å². The highest BCUT2D eigenvalue weighted by atomic mass is 35.5. The van der Waals surface area contributed by atoms with Crippen LogP contribution in [0, 0.1) is 0 Å². The lowest BCUT2D eigenvalue weighted by Crippen LogP contribution is -1.97. The molecule has 0 spiro atoms. The molecule has 17 heavy (non-hydrogen) atoms. The number of hydrogen-bond donors (Lipinski definition) is 1. The van der Waals surface area contributed by atoms with Crippen molar-refractivity contribution < 1.29 is 0 Å². The van der Waals surface area contributed by atoms with Crippen LogP contribution in [0.3, 0.4) is 0 Å². The van der Waals surface area contributed by atoms with Gasteiger partial charge < -0.3 is 5.32 Å². The van der Waals surface area contributed by atoms with Crippen molar-refractivity contribution in [2.75, 3.05) is 5.32 Å². The van der Waals surface area contributed by atoms with Crippen LogP contribution in [-0.4, -0.2) is 15.0 Å². The molecule has 2 aromatic rings. The van der Waals surface area contributed by atoms with E-state index in [-0.39, 0.29) is 0 Å². The van der Waals surface area contributed by atoms with E-state index in [4.69, 9.17) is 11.6 Å². The van der Waals surface area contributed by atoms with Crippen molar-refractivity contribution in [3.8, 4) is 0 Å². The van der Waals surface area contributed by atoms with E-state index in [2.05, 4.69) is 33.3 Å². The van der Waals surface area contributed by atoms with Gasteiger partial charge in [0.15, 0.2) is 0 Å². The third-order valence-electron chi connectivity index (χ3n) is 2.31. The quantitative estimate of drug-likeness (QED) is 0.903. The Kier molecular flexibility index (Phi) is 3.88. The van der Waals surface area contributed by atoms with E-state index in [9.17, 15) is 0 Å². The standard InChI is InChI=1S/C12H13ClN4/c1-2-3-9-4-5-11(10(13)6-9)17-12-15-7-14-8-16-12/h4-8H,2-3H2,1H3,(H,14,15,16,17). The molecule has 0 fully saturated rings. The Morgan fingerprint density at radius 1 is 1.24 bits per heavy atom. The van der Waals surface area contributed by atoms with Gasteiger partial charge >= 0.3 is 0 Å². The fraction of sp³-hybridized carbons (Fsp3) is 0.250. The summed E-state index contributed by atoms with van der Waals surface area (Å²) in [7, 11) is 0. The van der Waals surface area contributed by atoms with Gasteiger partial charge in [-0.3, -0.25) is 0 Å². The highest BCUT2D eigenvalue weighted by Crippen LogP contribution is 2.25. The Morgan fingerprint density at radius 2 is 2.00 bits per heavy atom. The topological polar surface area (TPSA) is 50.7 Å². The van der Waals surface area contributed by atoms with Crippen molar-refractivity contribution in [1.29, 1.82) is 0 Å². The summed E-state index contributed by atoms with van der Waals surface area (Å²) in [6.45, 7) is 2.14. The highest BCUT2D eigenvalue weighted by molar-refractivity contribution is 6.33. The summed E-state index contributed by atoms with van der Waals surface area (Å²) in [4.78, 5) is 11.7. The van der Waals surface area contributed by atoms with Crippen molar-refractivity contribution in [2.45, 2.75) is 19.8 Å². The molecule has 0 amide bonds. The summed E-state index contributed by atoms with van der Waals surface area (Å²) in [5, 5.41) is 3.72. The van der Waals surface area contributed by atoms with Crippen molar-refractivity contribution >= 4 is 23.2 Å². The van der Waals surface area contributed by atoms with E-state index in [1.165, 1.54) is 18.2 Å². The van der Waals surface area contributed by atoms with Crippen LogP contribution in [0.15, 0.2) is 30.9 Å². The first-order valence-electron chi connectivity index (χ1n) is 5.47. The molecule has 1 aromatic heterocycles.